The Labute approximate surface area is 173 Å². The van der Waals surface area contributed by atoms with Crippen LogP contribution in [-0.4, -0.2) is 34.1 Å². The lowest BCUT2D eigenvalue weighted by Gasteiger charge is -2.28. The van der Waals surface area contributed by atoms with E-state index in [1.165, 1.54) is 0 Å². The highest BCUT2D eigenvalue weighted by Crippen LogP contribution is 2.41. The Morgan fingerprint density at radius 3 is 2.80 bits per heavy atom. The summed E-state index contributed by atoms with van der Waals surface area (Å²) in [6, 6.07) is 14.8. The van der Waals surface area contributed by atoms with E-state index in [0.717, 1.165) is 11.1 Å². The summed E-state index contributed by atoms with van der Waals surface area (Å²) >= 11 is 0. The van der Waals surface area contributed by atoms with Crippen molar-refractivity contribution in [3.05, 3.63) is 65.4 Å². The minimum absolute atomic E-state index is 0.178. The second-order valence-electron chi connectivity index (χ2n) is 6.97. The number of hydrogen-bond acceptors (Lipinski definition) is 7. The van der Waals surface area contributed by atoms with Crippen LogP contribution < -0.4 is 14.8 Å². The molecule has 1 N–H and O–H groups in total. The Bertz CT molecular complexity index is 1150. The molecule has 0 fully saturated rings. The number of benzene rings is 2. The number of ether oxygens (including phenoxy) is 3. The molecule has 2 aliphatic rings. The number of rotatable bonds is 4. The van der Waals surface area contributed by atoms with E-state index in [9.17, 15) is 4.79 Å². The lowest BCUT2D eigenvalue weighted by Crippen LogP contribution is -2.29. The minimum Gasteiger partial charge on any atom is -0.463 e. The quantitative estimate of drug-likeness (QED) is 0.666. The van der Waals surface area contributed by atoms with Gasteiger partial charge >= 0.3 is 5.97 Å². The van der Waals surface area contributed by atoms with Crippen LogP contribution in [0, 0.1) is 0 Å². The molecule has 8 nitrogen and oxygen atoms in total. The first kappa shape index (κ1) is 18.2. The average molecular weight is 404 g/mol. The number of nitrogens with zero attached hydrogens (tertiary/aromatic N) is 3. The van der Waals surface area contributed by atoms with Crippen molar-refractivity contribution < 1.29 is 19.0 Å². The number of carbonyl (C=O) groups excluding carboxylic acids is 1. The monoisotopic (exact) mass is 404 g/mol. The van der Waals surface area contributed by atoms with Crippen molar-refractivity contribution in [3.63, 3.8) is 0 Å². The highest BCUT2D eigenvalue weighted by atomic mass is 16.7. The van der Waals surface area contributed by atoms with Crippen molar-refractivity contribution in [1.29, 1.82) is 0 Å². The number of nitrogens with one attached hydrogen (secondary N) is 1. The summed E-state index contributed by atoms with van der Waals surface area (Å²) in [5, 5.41) is 7.93. The molecule has 0 bridgehead atoms. The van der Waals surface area contributed by atoms with Gasteiger partial charge in [0.25, 0.3) is 0 Å². The summed E-state index contributed by atoms with van der Waals surface area (Å²) in [5.41, 5.74) is 2.87. The SMILES string of the molecule is CCOC(=O)C1=C(C)Nc2nc(-c3ccccc3)nn2C1c1ccc2c(c1)OCO2. The van der Waals surface area contributed by atoms with Crippen molar-refractivity contribution in [2.24, 2.45) is 0 Å². The topological polar surface area (TPSA) is 87.5 Å². The molecule has 1 aromatic heterocycles. The van der Waals surface area contributed by atoms with E-state index < -0.39 is 12.0 Å². The molecular formula is C22H20N4O4. The maximum absolute atomic E-state index is 12.9. The largest absolute Gasteiger partial charge is 0.463 e. The van der Waals surface area contributed by atoms with Gasteiger partial charge in [-0.25, -0.2) is 9.48 Å². The molecular weight excluding hydrogens is 384 g/mol. The molecule has 1 unspecified atom stereocenters. The standard InChI is InChI=1S/C22H20N4O4/c1-3-28-21(27)18-13(2)23-22-24-20(14-7-5-4-6-8-14)25-26(22)19(18)15-9-10-16-17(11-15)30-12-29-16/h4-11,19H,3,12H2,1-2H3,(H,23,24,25). The number of fused-ring (bicyclic) bond motifs is 2. The zero-order valence-electron chi connectivity index (χ0n) is 16.6. The molecule has 0 spiro atoms. The maximum Gasteiger partial charge on any atom is 0.338 e. The summed E-state index contributed by atoms with van der Waals surface area (Å²) in [6.07, 6.45) is 0. The number of carbonyl (C=O) groups is 1. The van der Waals surface area contributed by atoms with Gasteiger partial charge < -0.3 is 19.5 Å². The molecule has 5 rings (SSSR count). The van der Waals surface area contributed by atoms with Gasteiger partial charge in [-0.1, -0.05) is 36.4 Å². The summed E-state index contributed by atoms with van der Waals surface area (Å²) in [6.45, 7) is 4.08. The molecule has 30 heavy (non-hydrogen) atoms. The first-order chi connectivity index (χ1) is 14.7. The van der Waals surface area contributed by atoms with Gasteiger partial charge in [-0.3, -0.25) is 0 Å². The molecule has 1 atom stereocenters. The van der Waals surface area contributed by atoms with E-state index in [-0.39, 0.29) is 13.4 Å². The van der Waals surface area contributed by atoms with Gasteiger partial charge in [0.1, 0.15) is 6.04 Å². The molecule has 3 aromatic rings. The summed E-state index contributed by atoms with van der Waals surface area (Å²) in [7, 11) is 0. The Kier molecular flexibility index (Phi) is 4.39. The molecule has 3 heterocycles. The summed E-state index contributed by atoms with van der Waals surface area (Å²) in [5.74, 6) is 2.04. The third-order valence-corrected chi connectivity index (χ3v) is 5.09. The predicted octanol–water partition coefficient (Wildman–Crippen LogP) is 3.53. The summed E-state index contributed by atoms with van der Waals surface area (Å²) in [4.78, 5) is 17.5. The maximum atomic E-state index is 12.9. The normalized spacial score (nSPS) is 16.8. The second kappa shape index (κ2) is 7.22. The van der Waals surface area contributed by atoms with Gasteiger partial charge in [-0.2, -0.15) is 4.98 Å². The van der Waals surface area contributed by atoms with Crippen LogP contribution in [-0.2, 0) is 9.53 Å². The Hall–Kier alpha value is -3.81. The van der Waals surface area contributed by atoms with Crippen LogP contribution in [0.2, 0.25) is 0 Å². The van der Waals surface area contributed by atoms with E-state index in [0.29, 0.717) is 34.5 Å². The van der Waals surface area contributed by atoms with E-state index in [1.807, 2.05) is 55.5 Å². The highest BCUT2D eigenvalue weighted by Gasteiger charge is 2.36. The number of aromatic nitrogens is 3. The van der Waals surface area contributed by atoms with Gasteiger partial charge in [0.05, 0.1) is 12.2 Å². The van der Waals surface area contributed by atoms with Crippen LogP contribution in [0.1, 0.15) is 25.5 Å². The molecule has 0 radical (unpaired) electrons. The fourth-order valence-corrected chi connectivity index (χ4v) is 3.73. The third-order valence-electron chi connectivity index (χ3n) is 5.09. The molecule has 0 saturated carbocycles. The first-order valence-corrected chi connectivity index (χ1v) is 9.72. The van der Waals surface area contributed by atoms with Crippen molar-refractivity contribution in [2.45, 2.75) is 19.9 Å². The molecule has 0 aliphatic carbocycles. The van der Waals surface area contributed by atoms with E-state index >= 15 is 0 Å². The molecule has 2 aromatic carbocycles. The van der Waals surface area contributed by atoms with Crippen LogP contribution in [0.15, 0.2) is 59.8 Å². The second-order valence-corrected chi connectivity index (χ2v) is 6.97. The number of hydrogen-bond donors (Lipinski definition) is 1. The molecule has 0 amide bonds. The zero-order valence-corrected chi connectivity index (χ0v) is 16.6. The number of anilines is 1. The van der Waals surface area contributed by atoms with Gasteiger partial charge in [-0.15, -0.1) is 5.10 Å². The molecule has 8 heteroatoms. The van der Waals surface area contributed by atoms with Crippen molar-refractivity contribution >= 4 is 11.9 Å². The van der Waals surface area contributed by atoms with Crippen LogP contribution in [0.3, 0.4) is 0 Å². The lowest BCUT2D eigenvalue weighted by molar-refractivity contribution is -0.139. The van der Waals surface area contributed by atoms with Gasteiger partial charge in [0.15, 0.2) is 17.3 Å². The van der Waals surface area contributed by atoms with Crippen LogP contribution in [0.4, 0.5) is 5.95 Å². The third kappa shape index (κ3) is 2.97. The molecule has 2 aliphatic heterocycles. The number of esters is 1. The summed E-state index contributed by atoms with van der Waals surface area (Å²) < 4.78 is 18.1. The average Bonchev–Trinajstić information content (AvgIpc) is 3.39. The van der Waals surface area contributed by atoms with Gasteiger partial charge in [0, 0.05) is 11.3 Å². The van der Waals surface area contributed by atoms with Crippen LogP contribution in [0.5, 0.6) is 11.5 Å². The predicted molar refractivity (Wildman–Crippen MR) is 109 cm³/mol. The van der Waals surface area contributed by atoms with Crippen molar-refractivity contribution in [3.8, 4) is 22.9 Å². The smallest absolute Gasteiger partial charge is 0.338 e. The molecule has 0 saturated heterocycles. The Morgan fingerprint density at radius 2 is 2.00 bits per heavy atom. The zero-order chi connectivity index (χ0) is 20.7. The van der Waals surface area contributed by atoms with Gasteiger partial charge in [-0.05, 0) is 31.5 Å². The Balaban J connectivity index is 1.66. The van der Waals surface area contributed by atoms with Crippen molar-refractivity contribution in [2.75, 3.05) is 18.7 Å². The highest BCUT2D eigenvalue weighted by molar-refractivity contribution is 5.92. The van der Waals surface area contributed by atoms with E-state index in [1.54, 1.807) is 11.6 Å². The fourth-order valence-electron chi connectivity index (χ4n) is 3.73. The fraction of sp³-hybridized carbons (Fsp3) is 0.227. The van der Waals surface area contributed by atoms with Gasteiger partial charge in [0.2, 0.25) is 12.7 Å². The lowest BCUT2D eigenvalue weighted by atomic mass is 9.95. The van der Waals surface area contributed by atoms with E-state index in [4.69, 9.17) is 19.3 Å². The molecule has 152 valence electrons. The first-order valence-electron chi connectivity index (χ1n) is 9.72. The van der Waals surface area contributed by atoms with Crippen LogP contribution >= 0.6 is 0 Å². The van der Waals surface area contributed by atoms with Crippen molar-refractivity contribution in [1.82, 2.24) is 14.8 Å². The minimum atomic E-state index is -0.514. The number of allylic oxidation sites excluding steroid dienone is 1. The van der Waals surface area contributed by atoms with Crippen LogP contribution in [0.25, 0.3) is 11.4 Å². The van der Waals surface area contributed by atoms with E-state index in [2.05, 4.69) is 10.3 Å². The Morgan fingerprint density at radius 1 is 1.20 bits per heavy atom.